The number of halogens is 1. The number of hydrogen-bond donors (Lipinski definition) is 0. The highest BCUT2D eigenvalue weighted by Gasteiger charge is 2.07. The SMILES string of the molecule is [CH2]c1ccc(N(C=O)Oc2ccc(F)cc2)cc1. The van der Waals surface area contributed by atoms with Crippen molar-refractivity contribution in [1.82, 2.24) is 0 Å². The van der Waals surface area contributed by atoms with Crippen molar-refractivity contribution in [3.63, 3.8) is 0 Å². The van der Waals surface area contributed by atoms with Crippen molar-refractivity contribution in [3.05, 3.63) is 66.8 Å². The molecule has 0 N–H and O–H groups in total. The highest BCUT2D eigenvalue weighted by Crippen LogP contribution is 2.18. The normalized spacial score (nSPS) is 9.89. The summed E-state index contributed by atoms with van der Waals surface area (Å²) in [5, 5.41) is 1.06. The Morgan fingerprint density at radius 2 is 1.67 bits per heavy atom. The standard InChI is InChI=1S/C14H11FNO2/c1-11-2-6-13(7-3-11)16(10-17)18-14-8-4-12(15)5-9-14/h2-10H,1H2. The van der Waals surface area contributed by atoms with Crippen molar-refractivity contribution in [1.29, 1.82) is 0 Å². The molecule has 1 radical (unpaired) electrons. The van der Waals surface area contributed by atoms with Gasteiger partial charge in [0, 0.05) is 0 Å². The summed E-state index contributed by atoms with van der Waals surface area (Å²) in [5.74, 6) is 0.0172. The third-order valence-electron chi connectivity index (χ3n) is 2.30. The second kappa shape index (κ2) is 5.31. The maximum absolute atomic E-state index is 12.7. The third kappa shape index (κ3) is 2.85. The fourth-order valence-electron chi connectivity index (χ4n) is 1.39. The molecule has 0 heterocycles. The summed E-state index contributed by atoms with van der Waals surface area (Å²) in [4.78, 5) is 16.3. The molecule has 0 aliphatic carbocycles. The van der Waals surface area contributed by atoms with E-state index in [9.17, 15) is 9.18 Å². The summed E-state index contributed by atoms with van der Waals surface area (Å²) in [5.41, 5.74) is 1.41. The van der Waals surface area contributed by atoms with E-state index in [1.165, 1.54) is 24.3 Å². The molecule has 0 atom stereocenters. The highest BCUT2D eigenvalue weighted by atomic mass is 19.1. The topological polar surface area (TPSA) is 29.5 Å². The Morgan fingerprint density at radius 3 is 2.22 bits per heavy atom. The molecule has 3 nitrogen and oxygen atoms in total. The first-order valence-corrected chi connectivity index (χ1v) is 5.29. The zero-order valence-electron chi connectivity index (χ0n) is 9.54. The first kappa shape index (κ1) is 12.1. The van der Waals surface area contributed by atoms with Crippen molar-refractivity contribution in [2.75, 3.05) is 5.06 Å². The Balaban J connectivity index is 2.16. The minimum Gasteiger partial charge on any atom is -0.372 e. The minimum absolute atomic E-state index is 0.360. The van der Waals surface area contributed by atoms with Crippen LogP contribution in [-0.2, 0) is 4.79 Å². The van der Waals surface area contributed by atoms with Gasteiger partial charge >= 0.3 is 0 Å². The van der Waals surface area contributed by atoms with E-state index < -0.39 is 0 Å². The van der Waals surface area contributed by atoms with E-state index in [0.29, 0.717) is 17.8 Å². The average molecular weight is 244 g/mol. The number of hydrogen-bond acceptors (Lipinski definition) is 2. The summed E-state index contributed by atoms with van der Waals surface area (Å²) in [6.07, 6.45) is 0.543. The van der Waals surface area contributed by atoms with Gasteiger partial charge in [-0.15, -0.1) is 5.06 Å². The molecular formula is C14H11FNO2. The molecule has 0 unspecified atom stereocenters. The average Bonchev–Trinajstić information content (AvgIpc) is 2.39. The molecular weight excluding hydrogens is 233 g/mol. The van der Waals surface area contributed by atoms with Gasteiger partial charge in [0.25, 0.3) is 0 Å². The lowest BCUT2D eigenvalue weighted by Gasteiger charge is -2.17. The van der Waals surface area contributed by atoms with Crippen LogP contribution in [0.1, 0.15) is 5.56 Å². The van der Waals surface area contributed by atoms with E-state index in [0.717, 1.165) is 10.6 Å². The van der Waals surface area contributed by atoms with E-state index in [-0.39, 0.29) is 5.82 Å². The van der Waals surface area contributed by atoms with Gasteiger partial charge in [0.15, 0.2) is 5.75 Å². The van der Waals surface area contributed by atoms with Gasteiger partial charge in [0.1, 0.15) is 5.82 Å². The number of rotatable bonds is 4. The molecule has 0 fully saturated rings. The Hall–Kier alpha value is -2.36. The molecule has 0 aliphatic heterocycles. The van der Waals surface area contributed by atoms with Crippen LogP contribution in [0.15, 0.2) is 48.5 Å². The number of nitrogens with zero attached hydrogens (tertiary/aromatic N) is 1. The van der Waals surface area contributed by atoms with Gasteiger partial charge in [-0.25, -0.2) is 4.39 Å². The van der Waals surface area contributed by atoms with Crippen LogP contribution in [0.4, 0.5) is 10.1 Å². The lowest BCUT2D eigenvalue weighted by Crippen LogP contribution is -2.25. The van der Waals surface area contributed by atoms with Crippen LogP contribution in [0.3, 0.4) is 0 Å². The lowest BCUT2D eigenvalue weighted by atomic mass is 10.2. The van der Waals surface area contributed by atoms with E-state index in [2.05, 4.69) is 6.92 Å². The first-order chi connectivity index (χ1) is 8.69. The molecule has 4 heteroatoms. The van der Waals surface area contributed by atoms with E-state index in [4.69, 9.17) is 4.84 Å². The number of anilines is 1. The van der Waals surface area contributed by atoms with Gasteiger partial charge in [-0.2, -0.15) is 0 Å². The second-order valence-corrected chi connectivity index (χ2v) is 3.64. The van der Waals surface area contributed by atoms with Crippen molar-refractivity contribution >= 4 is 12.1 Å². The molecule has 1 amide bonds. The van der Waals surface area contributed by atoms with Crippen molar-refractivity contribution in [2.45, 2.75) is 0 Å². The molecule has 0 aromatic heterocycles. The van der Waals surface area contributed by atoms with Crippen molar-refractivity contribution in [2.24, 2.45) is 0 Å². The van der Waals surface area contributed by atoms with Crippen LogP contribution < -0.4 is 9.90 Å². The predicted octanol–water partition coefficient (Wildman–Crippen LogP) is 2.96. The van der Waals surface area contributed by atoms with Gasteiger partial charge in [-0.05, 0) is 48.9 Å². The molecule has 0 aliphatic rings. The highest BCUT2D eigenvalue weighted by molar-refractivity contribution is 5.72. The van der Waals surface area contributed by atoms with E-state index in [1.54, 1.807) is 24.3 Å². The maximum atomic E-state index is 12.7. The molecule has 0 bridgehead atoms. The van der Waals surface area contributed by atoms with Crippen molar-refractivity contribution < 1.29 is 14.0 Å². The molecule has 2 aromatic carbocycles. The monoisotopic (exact) mass is 244 g/mol. The van der Waals surface area contributed by atoms with Crippen molar-refractivity contribution in [3.8, 4) is 5.75 Å². The van der Waals surface area contributed by atoms with Gasteiger partial charge in [0.2, 0.25) is 6.41 Å². The van der Waals surface area contributed by atoms with Gasteiger partial charge < -0.3 is 4.84 Å². The fourth-order valence-corrected chi connectivity index (χ4v) is 1.39. The van der Waals surface area contributed by atoms with Crippen LogP contribution in [0.25, 0.3) is 0 Å². The Morgan fingerprint density at radius 1 is 1.06 bits per heavy atom. The largest absolute Gasteiger partial charge is 0.372 e. The van der Waals surface area contributed by atoms with Crippen LogP contribution >= 0.6 is 0 Å². The Kier molecular flexibility index (Phi) is 3.57. The second-order valence-electron chi connectivity index (χ2n) is 3.64. The van der Waals surface area contributed by atoms with Crippen LogP contribution in [0.2, 0.25) is 0 Å². The molecule has 2 aromatic rings. The maximum Gasteiger partial charge on any atom is 0.247 e. The van der Waals surface area contributed by atoms with Gasteiger partial charge in [-0.1, -0.05) is 12.1 Å². The molecule has 0 saturated heterocycles. The number of amides is 1. The Bertz CT molecular complexity index is 522. The number of benzene rings is 2. The minimum atomic E-state index is -0.360. The number of carbonyl (C=O) groups is 1. The van der Waals surface area contributed by atoms with Crippen LogP contribution in [0, 0.1) is 12.7 Å². The lowest BCUT2D eigenvalue weighted by molar-refractivity contribution is -0.111. The zero-order chi connectivity index (χ0) is 13.0. The third-order valence-corrected chi connectivity index (χ3v) is 2.30. The quantitative estimate of drug-likeness (QED) is 0.611. The fraction of sp³-hybridized carbons (Fsp3) is 0. The Labute approximate surface area is 104 Å². The summed E-state index contributed by atoms with van der Waals surface area (Å²) < 4.78 is 12.7. The van der Waals surface area contributed by atoms with Crippen LogP contribution in [0.5, 0.6) is 5.75 Å². The molecule has 0 spiro atoms. The van der Waals surface area contributed by atoms with E-state index in [1.807, 2.05) is 0 Å². The summed E-state index contributed by atoms with van der Waals surface area (Å²) in [7, 11) is 0. The summed E-state index contributed by atoms with van der Waals surface area (Å²) >= 11 is 0. The number of hydroxylamine groups is 1. The molecule has 18 heavy (non-hydrogen) atoms. The number of carbonyl (C=O) groups excluding carboxylic acids is 1. The van der Waals surface area contributed by atoms with Gasteiger partial charge in [-0.3, -0.25) is 4.79 Å². The summed E-state index contributed by atoms with van der Waals surface area (Å²) in [6, 6.07) is 12.4. The smallest absolute Gasteiger partial charge is 0.247 e. The molecule has 2 rings (SSSR count). The molecule has 0 saturated carbocycles. The zero-order valence-corrected chi connectivity index (χ0v) is 9.54. The summed E-state index contributed by atoms with van der Waals surface area (Å²) in [6.45, 7) is 3.75. The van der Waals surface area contributed by atoms with E-state index >= 15 is 0 Å². The molecule has 91 valence electrons. The van der Waals surface area contributed by atoms with Gasteiger partial charge in [0.05, 0.1) is 5.69 Å². The van der Waals surface area contributed by atoms with Crippen LogP contribution in [-0.4, -0.2) is 6.41 Å². The first-order valence-electron chi connectivity index (χ1n) is 5.29. The predicted molar refractivity (Wildman–Crippen MR) is 66.5 cm³/mol.